The van der Waals surface area contributed by atoms with E-state index < -0.39 is 63.7 Å². The van der Waals surface area contributed by atoms with Crippen LogP contribution in [0, 0.1) is 29.1 Å². The smallest absolute Gasteiger partial charge is 0.306 e. The fourth-order valence-corrected chi connectivity index (χ4v) is 10.6. The molecule has 10 heteroatoms. The average Bonchev–Trinajstić information content (AvgIpc) is 3.50. The molecule has 8 nitrogen and oxygen atoms in total. The van der Waals surface area contributed by atoms with Crippen LogP contribution in [0.2, 0.25) is 0 Å². The van der Waals surface area contributed by atoms with Crippen LogP contribution >= 0.6 is 31.9 Å². The summed E-state index contributed by atoms with van der Waals surface area (Å²) >= 11 is 6.95. The van der Waals surface area contributed by atoms with E-state index >= 15 is 0 Å². The molecule has 0 saturated heterocycles. The molecule has 0 aromatic carbocycles. The first kappa shape index (κ1) is 41.7. The zero-order valence-electron chi connectivity index (χ0n) is 30.8. The fourth-order valence-electron chi connectivity index (χ4n) is 9.76. The SMILES string of the molecule is CC1=C[C@H]2[C@@]3(O)[C@H](C)[C@@H](OC(=O)CCCCCCCCCBr)[C@]4(OC(=O)CCCCCCCCCBr)[C@H]([C@@H]3C=C(CO)C[C@]2(O)C1=O)C4(C)C. The normalized spacial score (nSPS) is 33.8. The molecule has 4 aliphatic carbocycles. The van der Waals surface area contributed by atoms with Crippen LogP contribution in [0.25, 0.3) is 0 Å². The van der Waals surface area contributed by atoms with E-state index in [-0.39, 0.29) is 31.8 Å². The lowest BCUT2D eigenvalue weighted by Crippen LogP contribution is -2.66. The molecule has 0 aromatic rings. The summed E-state index contributed by atoms with van der Waals surface area (Å²) < 4.78 is 12.9. The van der Waals surface area contributed by atoms with E-state index in [2.05, 4.69) is 31.9 Å². The van der Waals surface area contributed by atoms with Crippen molar-refractivity contribution in [2.75, 3.05) is 17.3 Å². The Hall–Kier alpha value is -1.07. The number of alkyl halides is 2. The summed E-state index contributed by atoms with van der Waals surface area (Å²) in [5.74, 6) is -4.16. The van der Waals surface area contributed by atoms with Crippen LogP contribution in [-0.4, -0.2) is 73.2 Å². The topological polar surface area (TPSA) is 130 Å². The van der Waals surface area contributed by atoms with E-state index in [1.807, 2.05) is 13.8 Å². The number of ether oxygens (including phenoxy) is 2. The molecule has 0 unspecified atom stereocenters. The van der Waals surface area contributed by atoms with Crippen molar-refractivity contribution in [1.82, 2.24) is 0 Å². The van der Waals surface area contributed by atoms with Gasteiger partial charge in [0.05, 0.1) is 12.2 Å². The molecule has 50 heavy (non-hydrogen) atoms. The van der Waals surface area contributed by atoms with Gasteiger partial charge in [0.25, 0.3) is 0 Å². The number of aliphatic hydroxyl groups is 3. The number of halogens is 2. The van der Waals surface area contributed by atoms with Gasteiger partial charge in [0.1, 0.15) is 11.7 Å². The zero-order chi connectivity index (χ0) is 36.7. The van der Waals surface area contributed by atoms with Crippen LogP contribution in [0.15, 0.2) is 23.3 Å². The maximum atomic E-state index is 13.6. The van der Waals surface area contributed by atoms with Gasteiger partial charge in [-0.3, -0.25) is 14.4 Å². The second-order valence-corrected chi connectivity index (χ2v) is 17.7. The highest BCUT2D eigenvalue weighted by Crippen LogP contribution is 2.77. The standard InChI is InChI=1S/C40H62Br2O8/c1-27-23-31-38(47,35(27)46)25-29(26-43)24-30-34-37(3,4)40(34,50-33(45)20-16-12-8-6-10-14-18-22-42)36(28(2)39(30,31)48)49-32(44)19-15-11-7-5-9-13-17-21-41/h23-24,28,30-31,34,36,43,47-48H,5-22,25-26H2,1-4H3/t28-,30+,31-,34-,36-,38-,39-,40-/m1/s1. The first-order valence-electron chi connectivity index (χ1n) is 19.3. The van der Waals surface area contributed by atoms with E-state index in [0.29, 0.717) is 24.0 Å². The van der Waals surface area contributed by atoms with Crippen molar-refractivity contribution in [1.29, 1.82) is 0 Å². The minimum atomic E-state index is -1.94. The van der Waals surface area contributed by atoms with Crippen molar-refractivity contribution in [2.24, 2.45) is 29.1 Å². The van der Waals surface area contributed by atoms with Gasteiger partial charge in [-0.25, -0.2) is 0 Å². The molecule has 284 valence electrons. The largest absolute Gasteiger partial charge is 0.458 e. The van der Waals surface area contributed by atoms with Crippen LogP contribution < -0.4 is 0 Å². The molecule has 8 atom stereocenters. The first-order valence-corrected chi connectivity index (χ1v) is 21.5. The third kappa shape index (κ3) is 8.19. The van der Waals surface area contributed by atoms with Crippen molar-refractivity contribution in [3.63, 3.8) is 0 Å². The Labute approximate surface area is 316 Å². The van der Waals surface area contributed by atoms with E-state index in [9.17, 15) is 29.7 Å². The summed E-state index contributed by atoms with van der Waals surface area (Å²) in [5.41, 5.74) is -4.75. The third-order valence-electron chi connectivity index (χ3n) is 12.5. The predicted molar refractivity (Wildman–Crippen MR) is 202 cm³/mol. The average molecular weight is 831 g/mol. The summed E-state index contributed by atoms with van der Waals surface area (Å²) in [6.45, 7) is 7.01. The van der Waals surface area contributed by atoms with E-state index in [1.165, 1.54) is 38.5 Å². The molecule has 3 N–H and O–H groups in total. The molecule has 0 amide bonds. The number of hydrogen-bond acceptors (Lipinski definition) is 8. The molecule has 0 bridgehead atoms. The van der Waals surface area contributed by atoms with Gasteiger partial charge in [0.2, 0.25) is 0 Å². The van der Waals surface area contributed by atoms with Crippen molar-refractivity contribution < 1.29 is 39.2 Å². The van der Waals surface area contributed by atoms with Gasteiger partial charge in [0, 0.05) is 59.0 Å². The van der Waals surface area contributed by atoms with Crippen molar-refractivity contribution in [3.8, 4) is 0 Å². The van der Waals surface area contributed by atoms with E-state index in [0.717, 1.165) is 49.2 Å². The molecule has 4 rings (SSSR count). The highest BCUT2D eigenvalue weighted by atomic mass is 79.9. The summed E-state index contributed by atoms with van der Waals surface area (Å²) in [6, 6.07) is 0. The number of unbranched alkanes of at least 4 members (excludes halogenated alkanes) is 12. The van der Waals surface area contributed by atoms with Gasteiger partial charge in [0.15, 0.2) is 11.4 Å². The Kier molecular flexibility index (Phi) is 14.9. The number of fused-ring (bicyclic) bond motifs is 5. The number of ketones is 1. The zero-order valence-corrected chi connectivity index (χ0v) is 34.0. The van der Waals surface area contributed by atoms with Crippen LogP contribution in [0.5, 0.6) is 0 Å². The van der Waals surface area contributed by atoms with Gasteiger partial charge >= 0.3 is 11.9 Å². The molecular formula is C40H62Br2O8. The fraction of sp³-hybridized carbons (Fsp3) is 0.825. The number of esters is 2. The molecule has 0 aliphatic heterocycles. The summed E-state index contributed by atoms with van der Waals surface area (Å²) in [5, 5.41) is 37.4. The van der Waals surface area contributed by atoms with Crippen molar-refractivity contribution in [3.05, 3.63) is 23.3 Å². The predicted octanol–water partition coefficient (Wildman–Crippen LogP) is 8.06. The second kappa shape index (κ2) is 17.8. The van der Waals surface area contributed by atoms with E-state index in [1.54, 1.807) is 26.0 Å². The molecular weight excluding hydrogens is 768 g/mol. The number of carbonyl (C=O) groups is 3. The Morgan fingerprint density at radius 3 is 1.84 bits per heavy atom. The van der Waals surface area contributed by atoms with Crippen LogP contribution in [0.3, 0.4) is 0 Å². The Balaban J connectivity index is 1.57. The summed E-state index contributed by atoms with van der Waals surface area (Å²) in [7, 11) is 0. The number of aliphatic hydroxyl groups excluding tert-OH is 1. The van der Waals surface area contributed by atoms with Crippen LogP contribution in [0.4, 0.5) is 0 Å². The van der Waals surface area contributed by atoms with Gasteiger partial charge in [-0.05, 0) is 43.8 Å². The molecule has 0 spiro atoms. The number of Topliss-reactive ketones (excluding diaryl/α,β-unsaturated/α-hetero) is 1. The van der Waals surface area contributed by atoms with Gasteiger partial charge in [-0.1, -0.05) is 129 Å². The van der Waals surface area contributed by atoms with Crippen molar-refractivity contribution >= 4 is 49.6 Å². The van der Waals surface area contributed by atoms with Crippen LogP contribution in [-0.2, 0) is 23.9 Å². The monoisotopic (exact) mass is 828 g/mol. The highest BCUT2D eigenvalue weighted by Gasteiger charge is 2.87. The van der Waals surface area contributed by atoms with Crippen molar-refractivity contribution in [2.45, 2.75) is 160 Å². The molecule has 2 fully saturated rings. The minimum absolute atomic E-state index is 0.108. The lowest BCUT2D eigenvalue weighted by molar-refractivity contribution is -0.229. The first-order chi connectivity index (χ1) is 23.8. The maximum absolute atomic E-state index is 13.6. The quantitative estimate of drug-likeness (QED) is 0.0459. The lowest BCUT2D eigenvalue weighted by Gasteiger charge is -2.53. The Morgan fingerprint density at radius 1 is 0.820 bits per heavy atom. The molecule has 0 aromatic heterocycles. The maximum Gasteiger partial charge on any atom is 0.306 e. The second-order valence-electron chi connectivity index (χ2n) is 16.1. The number of hydrogen-bond donors (Lipinski definition) is 3. The van der Waals surface area contributed by atoms with Gasteiger partial charge < -0.3 is 24.8 Å². The molecule has 4 aliphatic rings. The minimum Gasteiger partial charge on any atom is -0.458 e. The highest BCUT2D eigenvalue weighted by molar-refractivity contribution is 9.09. The summed E-state index contributed by atoms with van der Waals surface area (Å²) in [4.78, 5) is 40.7. The van der Waals surface area contributed by atoms with Gasteiger partial charge in [-0.15, -0.1) is 0 Å². The Bertz CT molecular complexity index is 1260. The number of rotatable bonds is 21. The molecule has 0 heterocycles. The van der Waals surface area contributed by atoms with Gasteiger partial charge in [-0.2, -0.15) is 0 Å². The lowest BCUT2D eigenvalue weighted by atomic mass is 9.59. The number of carbonyl (C=O) groups excluding carboxylic acids is 3. The van der Waals surface area contributed by atoms with Crippen LogP contribution in [0.1, 0.15) is 137 Å². The van der Waals surface area contributed by atoms with E-state index in [4.69, 9.17) is 9.47 Å². The Morgan fingerprint density at radius 2 is 1.32 bits per heavy atom. The molecule has 0 radical (unpaired) electrons. The third-order valence-corrected chi connectivity index (χ3v) is 13.6. The summed E-state index contributed by atoms with van der Waals surface area (Å²) in [6.07, 6.45) is 17.5. The molecule has 2 saturated carbocycles.